The highest BCUT2D eigenvalue weighted by atomic mass is 16.4. The number of hydrogen-bond donors (Lipinski definition) is 2. The van der Waals surface area contributed by atoms with E-state index in [0.29, 0.717) is 18.7 Å². The molecule has 1 aliphatic rings. The molecular weight excluding hydrogens is 258 g/mol. The van der Waals surface area contributed by atoms with E-state index >= 15 is 0 Å². The molecule has 2 rings (SSSR count). The Morgan fingerprint density at radius 2 is 2.20 bits per heavy atom. The molecule has 1 aromatic rings. The number of amidine groups is 1. The van der Waals surface area contributed by atoms with Gasteiger partial charge in [0.1, 0.15) is 5.84 Å². The van der Waals surface area contributed by atoms with Crippen LogP contribution in [0.4, 0.5) is 0 Å². The van der Waals surface area contributed by atoms with Gasteiger partial charge in [0.15, 0.2) is 0 Å². The molecule has 7 heteroatoms. The summed E-state index contributed by atoms with van der Waals surface area (Å²) >= 11 is 0. The Kier molecular flexibility index (Phi) is 4.26. The Balaban J connectivity index is 2.05. The third kappa shape index (κ3) is 2.76. The molecule has 7 nitrogen and oxygen atoms in total. The van der Waals surface area contributed by atoms with E-state index in [9.17, 15) is 4.79 Å². The largest absolute Gasteiger partial charge is 0.409 e. The molecule has 0 radical (unpaired) electrons. The van der Waals surface area contributed by atoms with Crippen molar-refractivity contribution in [1.29, 1.82) is 0 Å². The number of aromatic nitrogens is 2. The maximum absolute atomic E-state index is 12.5. The summed E-state index contributed by atoms with van der Waals surface area (Å²) < 4.78 is 1.68. The standard InChI is InChI=1S/C13H21N5O2/c1-3-11-10(8-17(2)15-11)13(19)18-6-4-9(5-7-18)12(14)16-20/h8-9,20H,3-7H2,1-2H3,(H2,14,16). The molecule has 0 atom stereocenters. The number of hydrogen-bond acceptors (Lipinski definition) is 4. The van der Waals surface area contributed by atoms with Gasteiger partial charge in [0.25, 0.3) is 5.91 Å². The first kappa shape index (κ1) is 14.4. The minimum Gasteiger partial charge on any atom is -0.409 e. The summed E-state index contributed by atoms with van der Waals surface area (Å²) in [7, 11) is 1.82. The first-order chi connectivity index (χ1) is 9.56. The highest BCUT2D eigenvalue weighted by molar-refractivity contribution is 5.95. The average molecular weight is 279 g/mol. The van der Waals surface area contributed by atoms with Crippen LogP contribution in [0.3, 0.4) is 0 Å². The topological polar surface area (TPSA) is 96.7 Å². The van der Waals surface area contributed by atoms with E-state index in [4.69, 9.17) is 10.9 Å². The van der Waals surface area contributed by atoms with Crippen molar-refractivity contribution in [3.63, 3.8) is 0 Å². The number of aryl methyl sites for hydroxylation is 2. The SMILES string of the molecule is CCc1nn(C)cc1C(=O)N1CCC(/C(N)=N/O)CC1. The lowest BCUT2D eigenvalue weighted by Crippen LogP contribution is -2.42. The van der Waals surface area contributed by atoms with E-state index in [-0.39, 0.29) is 17.7 Å². The molecular formula is C13H21N5O2. The van der Waals surface area contributed by atoms with Gasteiger partial charge in [-0.2, -0.15) is 5.10 Å². The number of carbonyl (C=O) groups excluding carboxylic acids is 1. The summed E-state index contributed by atoms with van der Waals surface area (Å²) in [5.41, 5.74) is 7.12. The number of nitrogens with zero attached hydrogens (tertiary/aromatic N) is 4. The lowest BCUT2D eigenvalue weighted by molar-refractivity contribution is 0.0708. The molecule has 3 N–H and O–H groups in total. The third-order valence-corrected chi connectivity index (χ3v) is 3.79. The predicted molar refractivity (Wildman–Crippen MR) is 74.6 cm³/mol. The van der Waals surface area contributed by atoms with Gasteiger partial charge in [-0.25, -0.2) is 0 Å². The zero-order valence-electron chi connectivity index (χ0n) is 11.9. The Morgan fingerprint density at radius 3 is 2.75 bits per heavy atom. The second kappa shape index (κ2) is 5.94. The van der Waals surface area contributed by atoms with E-state index in [2.05, 4.69) is 10.3 Å². The van der Waals surface area contributed by atoms with E-state index in [1.54, 1.807) is 10.9 Å². The first-order valence-corrected chi connectivity index (χ1v) is 6.86. The number of likely N-dealkylation sites (tertiary alicyclic amines) is 1. The Bertz CT molecular complexity index is 515. The van der Waals surface area contributed by atoms with E-state index < -0.39 is 0 Å². The van der Waals surface area contributed by atoms with Gasteiger partial charge < -0.3 is 15.8 Å². The average Bonchev–Trinajstić information content (AvgIpc) is 2.87. The predicted octanol–water partition coefficient (Wildman–Crippen LogP) is 0.581. The highest BCUT2D eigenvalue weighted by Crippen LogP contribution is 2.20. The highest BCUT2D eigenvalue weighted by Gasteiger charge is 2.27. The van der Waals surface area contributed by atoms with Crippen molar-refractivity contribution in [1.82, 2.24) is 14.7 Å². The zero-order chi connectivity index (χ0) is 14.7. The van der Waals surface area contributed by atoms with Crippen LogP contribution >= 0.6 is 0 Å². The van der Waals surface area contributed by atoms with Crippen LogP contribution in [-0.4, -0.2) is 44.7 Å². The molecule has 0 saturated carbocycles. The van der Waals surface area contributed by atoms with Gasteiger partial charge in [-0.1, -0.05) is 12.1 Å². The minimum absolute atomic E-state index is 0.0212. The molecule has 1 aromatic heterocycles. The number of nitrogens with two attached hydrogens (primary N) is 1. The maximum atomic E-state index is 12.5. The monoisotopic (exact) mass is 279 g/mol. The van der Waals surface area contributed by atoms with Crippen LogP contribution in [0.25, 0.3) is 0 Å². The van der Waals surface area contributed by atoms with Crippen molar-refractivity contribution < 1.29 is 10.0 Å². The van der Waals surface area contributed by atoms with Crippen molar-refractivity contribution in [2.75, 3.05) is 13.1 Å². The van der Waals surface area contributed by atoms with Crippen LogP contribution in [0.1, 0.15) is 35.8 Å². The normalized spacial score (nSPS) is 17.5. The number of oxime groups is 1. The quantitative estimate of drug-likeness (QED) is 0.366. The van der Waals surface area contributed by atoms with Gasteiger partial charge in [-0.05, 0) is 19.3 Å². The summed E-state index contributed by atoms with van der Waals surface area (Å²) in [6.07, 6.45) is 3.96. The molecule has 1 amide bonds. The molecule has 1 saturated heterocycles. The fourth-order valence-corrected chi connectivity index (χ4v) is 2.60. The van der Waals surface area contributed by atoms with Crippen LogP contribution in [-0.2, 0) is 13.5 Å². The van der Waals surface area contributed by atoms with Crippen molar-refractivity contribution in [2.45, 2.75) is 26.2 Å². The number of rotatable bonds is 3. The molecule has 1 aliphatic heterocycles. The third-order valence-electron chi connectivity index (χ3n) is 3.79. The number of amides is 1. The summed E-state index contributed by atoms with van der Waals surface area (Å²) in [6, 6.07) is 0. The zero-order valence-corrected chi connectivity index (χ0v) is 11.9. The fourth-order valence-electron chi connectivity index (χ4n) is 2.60. The van der Waals surface area contributed by atoms with Gasteiger partial charge in [0, 0.05) is 32.3 Å². The molecule has 110 valence electrons. The molecule has 20 heavy (non-hydrogen) atoms. The van der Waals surface area contributed by atoms with Gasteiger partial charge in [-0.3, -0.25) is 9.48 Å². The Hall–Kier alpha value is -2.05. The molecule has 0 unspecified atom stereocenters. The number of carbonyl (C=O) groups is 1. The molecule has 0 bridgehead atoms. The summed E-state index contributed by atoms with van der Waals surface area (Å²) in [6.45, 7) is 3.24. The molecule has 2 heterocycles. The van der Waals surface area contributed by atoms with Gasteiger partial charge in [0.2, 0.25) is 0 Å². The lowest BCUT2D eigenvalue weighted by Gasteiger charge is -2.31. The Morgan fingerprint density at radius 1 is 1.55 bits per heavy atom. The van der Waals surface area contributed by atoms with E-state index in [1.165, 1.54) is 0 Å². The van der Waals surface area contributed by atoms with Crippen molar-refractivity contribution in [3.8, 4) is 0 Å². The van der Waals surface area contributed by atoms with Gasteiger partial charge in [-0.15, -0.1) is 0 Å². The van der Waals surface area contributed by atoms with Crippen LogP contribution in [0.15, 0.2) is 11.4 Å². The van der Waals surface area contributed by atoms with Crippen LogP contribution < -0.4 is 5.73 Å². The van der Waals surface area contributed by atoms with Crippen molar-refractivity contribution in [3.05, 3.63) is 17.5 Å². The minimum atomic E-state index is 0.0212. The van der Waals surface area contributed by atoms with E-state index in [1.807, 2.05) is 18.9 Å². The van der Waals surface area contributed by atoms with Gasteiger partial charge >= 0.3 is 0 Å². The van der Waals surface area contributed by atoms with Crippen molar-refractivity contribution in [2.24, 2.45) is 23.9 Å². The molecule has 1 fully saturated rings. The first-order valence-electron chi connectivity index (χ1n) is 6.86. The number of piperidine rings is 1. The van der Waals surface area contributed by atoms with Crippen LogP contribution in [0.5, 0.6) is 0 Å². The van der Waals surface area contributed by atoms with Gasteiger partial charge in [0.05, 0.1) is 11.3 Å². The lowest BCUT2D eigenvalue weighted by atomic mass is 9.95. The molecule has 0 spiro atoms. The second-order valence-electron chi connectivity index (χ2n) is 5.11. The second-order valence-corrected chi connectivity index (χ2v) is 5.11. The smallest absolute Gasteiger partial charge is 0.257 e. The molecule has 0 aliphatic carbocycles. The summed E-state index contributed by atoms with van der Waals surface area (Å²) in [5, 5.41) is 16.0. The summed E-state index contributed by atoms with van der Waals surface area (Å²) in [5.74, 6) is 0.337. The summed E-state index contributed by atoms with van der Waals surface area (Å²) in [4.78, 5) is 14.3. The van der Waals surface area contributed by atoms with Crippen LogP contribution in [0.2, 0.25) is 0 Å². The van der Waals surface area contributed by atoms with E-state index in [0.717, 1.165) is 25.0 Å². The fraction of sp³-hybridized carbons (Fsp3) is 0.615. The maximum Gasteiger partial charge on any atom is 0.257 e. The van der Waals surface area contributed by atoms with Crippen molar-refractivity contribution >= 4 is 11.7 Å². The van der Waals surface area contributed by atoms with Crippen LogP contribution in [0, 0.1) is 5.92 Å². The Labute approximate surface area is 118 Å². The molecule has 0 aromatic carbocycles.